The van der Waals surface area contributed by atoms with Gasteiger partial charge in [-0.3, -0.25) is 0 Å². The number of hydrogen-bond donors (Lipinski definition) is 1. The summed E-state index contributed by atoms with van der Waals surface area (Å²) in [5.41, 5.74) is 0. The summed E-state index contributed by atoms with van der Waals surface area (Å²) >= 11 is 3.50. The molecule has 0 atom stereocenters. The molecule has 1 aromatic heterocycles. The molecule has 0 aromatic carbocycles. The van der Waals surface area contributed by atoms with Crippen LogP contribution in [0.5, 0.6) is 5.88 Å². The molecule has 1 N–H and O–H groups in total. The van der Waals surface area contributed by atoms with E-state index in [4.69, 9.17) is 4.74 Å². The van der Waals surface area contributed by atoms with Crippen molar-refractivity contribution in [2.24, 2.45) is 0 Å². The minimum atomic E-state index is 0.632. The molecule has 0 spiro atoms. The van der Waals surface area contributed by atoms with E-state index in [0.717, 1.165) is 36.3 Å². The van der Waals surface area contributed by atoms with E-state index >= 15 is 0 Å². The molecular weight excluding hydrogens is 318 g/mol. The quantitative estimate of drug-likeness (QED) is 0.586. The van der Waals surface area contributed by atoms with Crippen molar-refractivity contribution in [2.45, 2.75) is 58.8 Å². The maximum atomic E-state index is 5.73. The monoisotopic (exact) mass is 343 g/mol. The van der Waals surface area contributed by atoms with Gasteiger partial charge in [-0.25, -0.2) is 9.97 Å². The molecule has 4 nitrogen and oxygen atoms in total. The molecule has 20 heavy (non-hydrogen) atoms. The van der Waals surface area contributed by atoms with E-state index in [-0.39, 0.29) is 0 Å². The lowest BCUT2D eigenvalue weighted by atomic mass is 10.1. The molecule has 1 rings (SSSR count). The highest BCUT2D eigenvalue weighted by molar-refractivity contribution is 9.10. The van der Waals surface area contributed by atoms with Crippen LogP contribution in [-0.4, -0.2) is 23.1 Å². The SMILES string of the molecule is CCCCCCCCOc1ncnc(NCCC)c1Br. The lowest BCUT2D eigenvalue weighted by Gasteiger charge is -2.10. The van der Waals surface area contributed by atoms with Crippen LogP contribution in [0.15, 0.2) is 10.8 Å². The number of anilines is 1. The second-order valence-corrected chi connectivity index (χ2v) is 5.68. The van der Waals surface area contributed by atoms with Crippen LogP contribution in [-0.2, 0) is 0 Å². The van der Waals surface area contributed by atoms with Gasteiger partial charge in [0.2, 0.25) is 5.88 Å². The minimum Gasteiger partial charge on any atom is -0.477 e. The number of nitrogens with zero attached hydrogens (tertiary/aromatic N) is 2. The zero-order valence-corrected chi connectivity index (χ0v) is 14.2. The molecule has 1 heterocycles. The summed E-state index contributed by atoms with van der Waals surface area (Å²) in [6.45, 7) is 5.97. The second kappa shape index (κ2) is 10.9. The summed E-state index contributed by atoms with van der Waals surface area (Å²) in [4.78, 5) is 8.38. The van der Waals surface area contributed by atoms with E-state index in [1.807, 2.05) is 0 Å². The maximum Gasteiger partial charge on any atom is 0.233 e. The summed E-state index contributed by atoms with van der Waals surface area (Å²) in [5.74, 6) is 1.44. The van der Waals surface area contributed by atoms with E-state index in [1.165, 1.54) is 32.1 Å². The van der Waals surface area contributed by atoms with Crippen LogP contribution < -0.4 is 10.1 Å². The molecule has 0 aliphatic rings. The average Bonchev–Trinajstić information content (AvgIpc) is 2.46. The Kier molecular flexibility index (Phi) is 9.37. The number of ether oxygens (including phenoxy) is 1. The molecule has 0 radical (unpaired) electrons. The van der Waals surface area contributed by atoms with Crippen molar-refractivity contribution >= 4 is 21.7 Å². The Balaban J connectivity index is 2.29. The fourth-order valence-electron chi connectivity index (χ4n) is 1.87. The molecule has 114 valence electrons. The van der Waals surface area contributed by atoms with Gasteiger partial charge in [0.05, 0.1) is 6.61 Å². The van der Waals surface area contributed by atoms with Gasteiger partial charge in [-0.2, -0.15) is 0 Å². The van der Waals surface area contributed by atoms with Gasteiger partial charge in [-0.15, -0.1) is 0 Å². The van der Waals surface area contributed by atoms with Crippen LogP contribution in [0.25, 0.3) is 0 Å². The Bertz CT molecular complexity index is 374. The molecule has 1 aromatic rings. The zero-order valence-electron chi connectivity index (χ0n) is 12.6. The molecule has 0 aliphatic heterocycles. The van der Waals surface area contributed by atoms with Crippen LogP contribution in [0.1, 0.15) is 58.8 Å². The molecular formula is C15H26BrN3O. The van der Waals surface area contributed by atoms with Gasteiger partial charge in [0.25, 0.3) is 0 Å². The van der Waals surface area contributed by atoms with Gasteiger partial charge in [-0.05, 0) is 28.8 Å². The molecule has 0 unspecified atom stereocenters. The number of halogens is 1. The summed E-state index contributed by atoms with van der Waals surface area (Å²) in [7, 11) is 0. The molecule has 0 aliphatic carbocycles. The van der Waals surface area contributed by atoms with E-state index < -0.39 is 0 Å². The number of hydrogen-bond acceptors (Lipinski definition) is 4. The summed E-state index contributed by atoms with van der Waals surface area (Å²) in [6, 6.07) is 0. The third-order valence-electron chi connectivity index (χ3n) is 3.04. The predicted octanol–water partition coefficient (Wildman–Crippen LogP) is 4.80. The van der Waals surface area contributed by atoms with Gasteiger partial charge >= 0.3 is 0 Å². The second-order valence-electron chi connectivity index (χ2n) is 4.88. The number of nitrogens with one attached hydrogen (secondary N) is 1. The smallest absolute Gasteiger partial charge is 0.233 e. The predicted molar refractivity (Wildman–Crippen MR) is 87.4 cm³/mol. The van der Waals surface area contributed by atoms with Crippen molar-refractivity contribution in [2.75, 3.05) is 18.5 Å². The fourth-order valence-corrected chi connectivity index (χ4v) is 2.33. The highest BCUT2D eigenvalue weighted by Crippen LogP contribution is 2.28. The Labute approximate surface area is 130 Å². The van der Waals surface area contributed by atoms with Crippen molar-refractivity contribution in [1.29, 1.82) is 0 Å². The normalized spacial score (nSPS) is 10.6. The van der Waals surface area contributed by atoms with Crippen LogP contribution in [0.3, 0.4) is 0 Å². The van der Waals surface area contributed by atoms with Gasteiger partial charge < -0.3 is 10.1 Å². The lowest BCUT2D eigenvalue weighted by molar-refractivity contribution is 0.291. The number of rotatable bonds is 11. The molecule has 0 saturated carbocycles. The van der Waals surface area contributed by atoms with E-state index in [2.05, 4.69) is 45.1 Å². The Hall–Kier alpha value is -0.840. The first-order valence-corrected chi connectivity index (χ1v) is 8.46. The third kappa shape index (κ3) is 6.55. The van der Waals surface area contributed by atoms with Crippen molar-refractivity contribution in [3.8, 4) is 5.88 Å². The first kappa shape index (κ1) is 17.2. The lowest BCUT2D eigenvalue weighted by Crippen LogP contribution is -2.06. The van der Waals surface area contributed by atoms with Gasteiger partial charge in [0.1, 0.15) is 16.6 Å². The molecule has 0 saturated heterocycles. The van der Waals surface area contributed by atoms with Crippen molar-refractivity contribution in [3.63, 3.8) is 0 Å². The fraction of sp³-hybridized carbons (Fsp3) is 0.733. The molecule has 0 fully saturated rings. The van der Waals surface area contributed by atoms with Crippen molar-refractivity contribution in [1.82, 2.24) is 9.97 Å². The van der Waals surface area contributed by atoms with Crippen molar-refractivity contribution < 1.29 is 4.74 Å². The Morgan fingerprint density at radius 1 is 1.05 bits per heavy atom. The Morgan fingerprint density at radius 2 is 1.80 bits per heavy atom. The highest BCUT2D eigenvalue weighted by atomic mass is 79.9. The average molecular weight is 344 g/mol. The molecule has 5 heteroatoms. The van der Waals surface area contributed by atoms with Crippen LogP contribution in [0.2, 0.25) is 0 Å². The summed E-state index contributed by atoms with van der Waals surface area (Å²) < 4.78 is 6.54. The highest BCUT2D eigenvalue weighted by Gasteiger charge is 2.09. The van der Waals surface area contributed by atoms with E-state index in [9.17, 15) is 0 Å². The van der Waals surface area contributed by atoms with Crippen LogP contribution in [0, 0.1) is 0 Å². The van der Waals surface area contributed by atoms with Gasteiger partial charge in [-0.1, -0.05) is 46.0 Å². The maximum absolute atomic E-state index is 5.73. The summed E-state index contributed by atoms with van der Waals surface area (Å²) in [5, 5.41) is 3.25. The zero-order chi connectivity index (χ0) is 14.6. The molecule has 0 amide bonds. The molecule has 0 bridgehead atoms. The summed E-state index contributed by atoms with van der Waals surface area (Å²) in [6.07, 6.45) is 10.2. The largest absolute Gasteiger partial charge is 0.477 e. The van der Waals surface area contributed by atoms with E-state index in [1.54, 1.807) is 6.33 Å². The van der Waals surface area contributed by atoms with Crippen molar-refractivity contribution in [3.05, 3.63) is 10.8 Å². The van der Waals surface area contributed by atoms with Crippen LogP contribution in [0.4, 0.5) is 5.82 Å². The third-order valence-corrected chi connectivity index (χ3v) is 3.75. The first-order valence-electron chi connectivity index (χ1n) is 7.66. The van der Waals surface area contributed by atoms with Gasteiger partial charge in [0, 0.05) is 6.54 Å². The van der Waals surface area contributed by atoms with E-state index in [0.29, 0.717) is 5.88 Å². The minimum absolute atomic E-state index is 0.632. The van der Waals surface area contributed by atoms with Gasteiger partial charge in [0.15, 0.2) is 0 Å². The standard InChI is InChI=1S/C15H26BrN3O/c1-3-5-6-7-8-9-11-20-15-13(16)14(17-10-4-2)18-12-19-15/h12H,3-11H2,1-2H3,(H,17,18,19). The Morgan fingerprint density at radius 3 is 2.55 bits per heavy atom. The number of aromatic nitrogens is 2. The van der Waals surface area contributed by atoms with Crippen LogP contribution >= 0.6 is 15.9 Å². The topological polar surface area (TPSA) is 47.0 Å². The first-order chi connectivity index (χ1) is 9.79. The number of unbranched alkanes of at least 4 members (excludes halogenated alkanes) is 5.